The van der Waals surface area contributed by atoms with E-state index >= 15 is 0 Å². The molecule has 0 bridgehead atoms. The second-order valence-corrected chi connectivity index (χ2v) is 3.05. The van der Waals surface area contributed by atoms with E-state index in [1.54, 1.807) is 0 Å². The predicted molar refractivity (Wildman–Crippen MR) is 39.7 cm³/mol. The van der Waals surface area contributed by atoms with E-state index in [0.29, 0.717) is 6.42 Å². The van der Waals surface area contributed by atoms with Crippen LogP contribution in [0.5, 0.6) is 0 Å². The van der Waals surface area contributed by atoms with Gasteiger partial charge in [0.1, 0.15) is 0 Å². The summed E-state index contributed by atoms with van der Waals surface area (Å²) in [6.07, 6.45) is 0.772. The van der Waals surface area contributed by atoms with E-state index < -0.39 is 18.3 Å². The first kappa shape index (κ1) is 11.7. The highest BCUT2D eigenvalue weighted by Crippen LogP contribution is 2.37. The number of hydrogen-bond acceptors (Lipinski definition) is 0. The number of halogens is 4. The van der Waals surface area contributed by atoms with Crippen molar-refractivity contribution in [3.8, 4) is 0 Å². The minimum absolute atomic E-state index is 0.160. The van der Waals surface area contributed by atoms with E-state index in [-0.39, 0.29) is 13.3 Å². The molecule has 0 saturated heterocycles. The fourth-order valence-corrected chi connectivity index (χ4v) is 0.817. The largest absolute Gasteiger partial charge is 0.309 e. The average molecular weight is 186 g/mol. The Hall–Kier alpha value is -0.280. The molecule has 0 aromatic rings. The topological polar surface area (TPSA) is 0 Å². The summed E-state index contributed by atoms with van der Waals surface area (Å²) in [4.78, 5) is 0. The molecular formula is C8H14F4. The van der Waals surface area contributed by atoms with Gasteiger partial charge in [0.05, 0.1) is 0 Å². The molecule has 4 heteroatoms. The molecule has 0 aliphatic rings. The summed E-state index contributed by atoms with van der Waals surface area (Å²) >= 11 is 0. The molecule has 0 amide bonds. The lowest BCUT2D eigenvalue weighted by atomic mass is 10.1. The number of unbranched alkanes of at least 4 members (excludes halogenated alkanes) is 2. The molecule has 0 unspecified atom stereocenters. The van der Waals surface area contributed by atoms with Gasteiger partial charge in [-0.15, -0.1) is 0 Å². The third-order valence-corrected chi connectivity index (χ3v) is 1.74. The van der Waals surface area contributed by atoms with Crippen LogP contribution in [0.1, 0.15) is 39.5 Å². The lowest BCUT2D eigenvalue weighted by Gasteiger charge is -2.22. The molecule has 0 saturated carbocycles. The molecule has 12 heavy (non-hydrogen) atoms. The van der Waals surface area contributed by atoms with Crippen LogP contribution in [0.25, 0.3) is 0 Å². The number of hydrogen-bond donors (Lipinski definition) is 0. The van der Waals surface area contributed by atoms with Crippen molar-refractivity contribution in [1.29, 1.82) is 0 Å². The third kappa shape index (κ3) is 3.41. The molecule has 0 aromatic carbocycles. The van der Waals surface area contributed by atoms with Crippen LogP contribution in [0.4, 0.5) is 17.6 Å². The summed E-state index contributed by atoms with van der Waals surface area (Å²) in [6.45, 7) is 2.10. The highest BCUT2D eigenvalue weighted by atomic mass is 19.3. The van der Waals surface area contributed by atoms with Gasteiger partial charge in [-0.1, -0.05) is 19.8 Å². The van der Waals surface area contributed by atoms with Crippen LogP contribution in [0.15, 0.2) is 0 Å². The normalized spacial score (nSPS) is 13.5. The van der Waals surface area contributed by atoms with Crippen molar-refractivity contribution in [2.24, 2.45) is 0 Å². The maximum atomic E-state index is 12.5. The molecule has 0 radical (unpaired) electrons. The van der Waals surface area contributed by atoms with E-state index in [9.17, 15) is 17.6 Å². The smallest absolute Gasteiger partial charge is 0.200 e. The molecule has 0 N–H and O–H groups in total. The van der Waals surface area contributed by atoms with E-state index in [2.05, 4.69) is 0 Å². The Balaban J connectivity index is 3.88. The summed E-state index contributed by atoms with van der Waals surface area (Å²) in [5.74, 6) is -7.73. The fraction of sp³-hybridized carbons (Fsp3) is 1.00. The second-order valence-electron chi connectivity index (χ2n) is 3.05. The van der Waals surface area contributed by atoms with Gasteiger partial charge in [-0.3, -0.25) is 0 Å². The minimum Gasteiger partial charge on any atom is -0.200 e. The van der Waals surface area contributed by atoms with Gasteiger partial charge in [0.25, 0.3) is 0 Å². The van der Waals surface area contributed by atoms with Crippen molar-refractivity contribution in [1.82, 2.24) is 0 Å². The van der Waals surface area contributed by atoms with Crippen molar-refractivity contribution in [3.63, 3.8) is 0 Å². The second kappa shape index (κ2) is 4.10. The van der Waals surface area contributed by atoms with Crippen LogP contribution in [-0.2, 0) is 0 Å². The first-order chi connectivity index (χ1) is 5.31. The van der Waals surface area contributed by atoms with E-state index in [1.165, 1.54) is 0 Å². The highest BCUT2D eigenvalue weighted by molar-refractivity contribution is 4.79. The molecule has 0 nitrogen and oxygen atoms in total. The zero-order valence-electron chi connectivity index (χ0n) is 7.34. The third-order valence-electron chi connectivity index (χ3n) is 1.74. The van der Waals surface area contributed by atoms with E-state index in [0.717, 1.165) is 6.42 Å². The van der Waals surface area contributed by atoms with Crippen LogP contribution in [-0.4, -0.2) is 11.8 Å². The van der Waals surface area contributed by atoms with Crippen LogP contribution in [0.2, 0.25) is 0 Å². The maximum absolute atomic E-state index is 12.5. The van der Waals surface area contributed by atoms with Gasteiger partial charge in [-0.25, -0.2) is 8.78 Å². The van der Waals surface area contributed by atoms with Gasteiger partial charge in [-0.05, 0) is 6.42 Å². The minimum atomic E-state index is -3.89. The molecule has 0 rings (SSSR count). The Morgan fingerprint density at radius 3 is 1.83 bits per heavy atom. The molecule has 0 aliphatic carbocycles. The van der Waals surface area contributed by atoms with Crippen molar-refractivity contribution in [3.05, 3.63) is 0 Å². The Morgan fingerprint density at radius 2 is 1.50 bits per heavy atom. The van der Waals surface area contributed by atoms with Gasteiger partial charge in [-0.2, -0.15) is 8.78 Å². The Bertz CT molecular complexity index is 126. The molecule has 0 spiro atoms. The zero-order chi connectivity index (χ0) is 9.83. The summed E-state index contributed by atoms with van der Waals surface area (Å²) in [6, 6.07) is 0. The van der Waals surface area contributed by atoms with Crippen molar-refractivity contribution in [2.75, 3.05) is 0 Å². The Labute approximate surface area is 70.0 Å². The molecular weight excluding hydrogens is 172 g/mol. The van der Waals surface area contributed by atoms with Gasteiger partial charge in [0.15, 0.2) is 0 Å². The molecule has 0 atom stereocenters. The zero-order valence-corrected chi connectivity index (χ0v) is 7.34. The summed E-state index contributed by atoms with van der Waals surface area (Å²) < 4.78 is 49.4. The summed E-state index contributed by atoms with van der Waals surface area (Å²) in [5, 5.41) is 0. The van der Waals surface area contributed by atoms with Gasteiger partial charge >= 0.3 is 11.8 Å². The maximum Gasteiger partial charge on any atom is 0.309 e. The van der Waals surface area contributed by atoms with Gasteiger partial charge in [0, 0.05) is 13.3 Å². The summed E-state index contributed by atoms with van der Waals surface area (Å²) in [7, 11) is 0. The highest BCUT2D eigenvalue weighted by Gasteiger charge is 2.50. The van der Waals surface area contributed by atoms with E-state index in [1.807, 2.05) is 6.92 Å². The summed E-state index contributed by atoms with van der Waals surface area (Å²) in [5.41, 5.74) is 0. The average Bonchev–Trinajstić information content (AvgIpc) is 1.85. The van der Waals surface area contributed by atoms with Crippen LogP contribution < -0.4 is 0 Å². The molecule has 0 heterocycles. The monoisotopic (exact) mass is 186 g/mol. The predicted octanol–water partition coefficient (Wildman–Crippen LogP) is 3.86. The lowest BCUT2D eigenvalue weighted by molar-refractivity contribution is -0.201. The molecule has 0 aliphatic heterocycles. The molecule has 0 aromatic heterocycles. The number of alkyl halides is 4. The SMILES string of the molecule is CCCCCC(F)(F)C(C)(F)F. The van der Waals surface area contributed by atoms with Crippen LogP contribution >= 0.6 is 0 Å². The quantitative estimate of drug-likeness (QED) is 0.451. The van der Waals surface area contributed by atoms with E-state index in [4.69, 9.17) is 0 Å². The Morgan fingerprint density at radius 1 is 1.00 bits per heavy atom. The van der Waals surface area contributed by atoms with Gasteiger partial charge in [0.2, 0.25) is 0 Å². The first-order valence-electron chi connectivity index (χ1n) is 4.07. The number of rotatable bonds is 5. The van der Waals surface area contributed by atoms with Crippen molar-refractivity contribution >= 4 is 0 Å². The Kier molecular flexibility index (Phi) is 4.00. The molecule has 74 valence electrons. The van der Waals surface area contributed by atoms with Crippen LogP contribution in [0.3, 0.4) is 0 Å². The van der Waals surface area contributed by atoms with Crippen LogP contribution in [0, 0.1) is 0 Å². The first-order valence-corrected chi connectivity index (χ1v) is 4.07. The fourth-order valence-electron chi connectivity index (χ4n) is 0.817. The van der Waals surface area contributed by atoms with Gasteiger partial charge < -0.3 is 0 Å². The lowest BCUT2D eigenvalue weighted by Crippen LogP contribution is -2.37. The van der Waals surface area contributed by atoms with Crippen molar-refractivity contribution in [2.45, 2.75) is 51.4 Å². The van der Waals surface area contributed by atoms with Crippen molar-refractivity contribution < 1.29 is 17.6 Å². The standard InChI is InChI=1S/C8H14F4/c1-3-4-5-6-8(11,12)7(2,9)10/h3-6H2,1-2H3. The molecule has 0 fully saturated rings.